The van der Waals surface area contributed by atoms with E-state index in [-0.39, 0.29) is 23.8 Å². The maximum Gasteiger partial charge on any atom is 0.416 e. The Hall–Kier alpha value is -2.71. The molecule has 0 saturated heterocycles. The predicted octanol–water partition coefficient (Wildman–Crippen LogP) is 3.33. The minimum Gasteiger partial charge on any atom is -0.348 e. The van der Waals surface area contributed by atoms with E-state index < -0.39 is 11.7 Å². The standard InChI is InChI=1S/C15H16F3N5O/c1-8(11-4-6-12(7-5-11)15(16,17)18)19-13-20-9(2)21-14(23-13)22-10(3)24/h4-8H,1-3H3,(H2,19,20,21,22,23,24). The van der Waals surface area contributed by atoms with Gasteiger partial charge in [0.05, 0.1) is 11.6 Å². The molecule has 0 bridgehead atoms. The molecule has 0 spiro atoms. The summed E-state index contributed by atoms with van der Waals surface area (Å²) in [5.41, 5.74) is -0.0652. The van der Waals surface area contributed by atoms with Crippen LogP contribution >= 0.6 is 0 Å². The second-order valence-corrected chi connectivity index (χ2v) is 5.20. The second-order valence-electron chi connectivity index (χ2n) is 5.20. The zero-order valence-electron chi connectivity index (χ0n) is 13.3. The normalized spacial score (nSPS) is 12.6. The third-order valence-corrected chi connectivity index (χ3v) is 3.12. The molecular formula is C15H16F3N5O. The molecule has 2 rings (SSSR count). The lowest BCUT2D eigenvalue weighted by atomic mass is 10.1. The van der Waals surface area contributed by atoms with Gasteiger partial charge in [-0.15, -0.1) is 0 Å². The van der Waals surface area contributed by atoms with Crippen molar-refractivity contribution in [3.8, 4) is 0 Å². The molecular weight excluding hydrogens is 323 g/mol. The van der Waals surface area contributed by atoms with Gasteiger partial charge in [0.1, 0.15) is 5.82 Å². The Balaban J connectivity index is 2.15. The Labute approximate surface area is 136 Å². The number of amides is 1. The van der Waals surface area contributed by atoms with E-state index in [9.17, 15) is 18.0 Å². The van der Waals surface area contributed by atoms with Crippen LogP contribution in [0.5, 0.6) is 0 Å². The highest BCUT2D eigenvalue weighted by atomic mass is 19.4. The van der Waals surface area contributed by atoms with Crippen LogP contribution in [0.4, 0.5) is 25.1 Å². The quantitative estimate of drug-likeness (QED) is 0.893. The van der Waals surface area contributed by atoms with Crippen molar-refractivity contribution in [1.29, 1.82) is 0 Å². The van der Waals surface area contributed by atoms with Crippen LogP contribution in [0.2, 0.25) is 0 Å². The maximum absolute atomic E-state index is 12.6. The highest BCUT2D eigenvalue weighted by Crippen LogP contribution is 2.30. The zero-order valence-corrected chi connectivity index (χ0v) is 13.3. The lowest BCUT2D eigenvalue weighted by molar-refractivity contribution is -0.137. The number of hydrogen-bond donors (Lipinski definition) is 2. The van der Waals surface area contributed by atoms with Crippen LogP contribution in [0.25, 0.3) is 0 Å². The first kappa shape index (κ1) is 17.6. The van der Waals surface area contributed by atoms with E-state index in [1.807, 2.05) is 0 Å². The number of halogens is 3. The number of benzene rings is 1. The van der Waals surface area contributed by atoms with E-state index in [0.717, 1.165) is 12.1 Å². The van der Waals surface area contributed by atoms with E-state index >= 15 is 0 Å². The second kappa shape index (κ2) is 6.81. The van der Waals surface area contributed by atoms with Crippen LogP contribution < -0.4 is 10.6 Å². The average Bonchev–Trinajstić information content (AvgIpc) is 2.45. The number of carbonyl (C=O) groups excluding carboxylic acids is 1. The van der Waals surface area contributed by atoms with Crippen molar-refractivity contribution in [2.75, 3.05) is 10.6 Å². The Bertz CT molecular complexity index is 731. The molecule has 0 aliphatic carbocycles. The summed E-state index contributed by atoms with van der Waals surface area (Å²) in [4.78, 5) is 23.2. The average molecular weight is 339 g/mol. The fraction of sp³-hybridized carbons (Fsp3) is 0.333. The van der Waals surface area contributed by atoms with Gasteiger partial charge in [0.2, 0.25) is 17.8 Å². The van der Waals surface area contributed by atoms with Gasteiger partial charge in [-0.3, -0.25) is 10.1 Å². The van der Waals surface area contributed by atoms with Gasteiger partial charge < -0.3 is 5.32 Å². The maximum atomic E-state index is 12.6. The lowest BCUT2D eigenvalue weighted by Gasteiger charge is -2.16. The molecule has 0 saturated carbocycles. The number of carbonyl (C=O) groups is 1. The highest BCUT2D eigenvalue weighted by Gasteiger charge is 2.30. The number of hydrogen-bond acceptors (Lipinski definition) is 5. The number of aromatic nitrogens is 3. The number of rotatable bonds is 4. The van der Waals surface area contributed by atoms with Crippen LogP contribution in [0.1, 0.15) is 36.8 Å². The summed E-state index contributed by atoms with van der Waals surface area (Å²) in [6, 6.07) is 4.50. The first-order valence-corrected chi connectivity index (χ1v) is 7.09. The predicted molar refractivity (Wildman–Crippen MR) is 82.3 cm³/mol. The Morgan fingerprint density at radius 1 is 1.08 bits per heavy atom. The van der Waals surface area contributed by atoms with Gasteiger partial charge in [-0.25, -0.2) is 0 Å². The molecule has 128 valence electrons. The summed E-state index contributed by atoms with van der Waals surface area (Å²) >= 11 is 0. The molecule has 1 heterocycles. The van der Waals surface area contributed by atoms with Crippen LogP contribution in [0.15, 0.2) is 24.3 Å². The summed E-state index contributed by atoms with van der Waals surface area (Å²) in [7, 11) is 0. The number of nitrogens with zero attached hydrogens (tertiary/aromatic N) is 3. The summed E-state index contributed by atoms with van der Waals surface area (Å²) in [5.74, 6) is 0.411. The Kier molecular flexibility index (Phi) is 5.01. The summed E-state index contributed by atoms with van der Waals surface area (Å²) in [5, 5.41) is 5.43. The number of aryl methyl sites for hydroxylation is 1. The summed E-state index contributed by atoms with van der Waals surface area (Å²) in [6.07, 6.45) is -4.37. The molecule has 9 heteroatoms. The van der Waals surface area contributed by atoms with Gasteiger partial charge in [-0.05, 0) is 31.5 Å². The van der Waals surface area contributed by atoms with Crippen molar-refractivity contribution in [1.82, 2.24) is 15.0 Å². The minimum atomic E-state index is -4.37. The molecule has 6 nitrogen and oxygen atoms in total. The van der Waals surface area contributed by atoms with Crippen molar-refractivity contribution in [3.63, 3.8) is 0 Å². The molecule has 0 radical (unpaired) electrons. The number of anilines is 2. The minimum absolute atomic E-state index is 0.108. The van der Waals surface area contributed by atoms with E-state index in [1.54, 1.807) is 13.8 Å². The molecule has 0 aliphatic rings. The summed E-state index contributed by atoms with van der Waals surface area (Å²) in [6.45, 7) is 4.73. The molecule has 24 heavy (non-hydrogen) atoms. The van der Waals surface area contributed by atoms with Gasteiger partial charge in [0.25, 0.3) is 0 Å². The van der Waals surface area contributed by atoms with Gasteiger partial charge in [0, 0.05) is 6.92 Å². The van der Waals surface area contributed by atoms with Crippen LogP contribution in [0.3, 0.4) is 0 Å². The van der Waals surface area contributed by atoms with Crippen molar-refractivity contribution in [2.24, 2.45) is 0 Å². The fourth-order valence-corrected chi connectivity index (χ4v) is 2.00. The smallest absolute Gasteiger partial charge is 0.348 e. The Morgan fingerprint density at radius 3 is 2.21 bits per heavy atom. The van der Waals surface area contributed by atoms with Crippen LogP contribution in [-0.4, -0.2) is 20.9 Å². The van der Waals surface area contributed by atoms with E-state index in [2.05, 4.69) is 25.6 Å². The van der Waals surface area contributed by atoms with Crippen molar-refractivity contribution >= 4 is 17.8 Å². The molecule has 1 aromatic heterocycles. The monoisotopic (exact) mass is 339 g/mol. The van der Waals surface area contributed by atoms with Gasteiger partial charge in [-0.2, -0.15) is 28.1 Å². The first-order chi connectivity index (χ1) is 11.1. The van der Waals surface area contributed by atoms with E-state index in [0.29, 0.717) is 11.4 Å². The lowest BCUT2D eigenvalue weighted by Crippen LogP contribution is -2.15. The SMILES string of the molecule is CC(=O)Nc1nc(C)nc(NC(C)c2ccc(C(F)(F)F)cc2)n1. The van der Waals surface area contributed by atoms with E-state index in [4.69, 9.17) is 0 Å². The fourth-order valence-electron chi connectivity index (χ4n) is 2.00. The molecule has 1 unspecified atom stereocenters. The van der Waals surface area contributed by atoms with Crippen LogP contribution in [-0.2, 0) is 11.0 Å². The number of alkyl halides is 3. The van der Waals surface area contributed by atoms with Crippen LogP contribution in [0, 0.1) is 6.92 Å². The van der Waals surface area contributed by atoms with Gasteiger partial charge in [-0.1, -0.05) is 12.1 Å². The molecule has 0 aliphatic heterocycles. The van der Waals surface area contributed by atoms with E-state index in [1.165, 1.54) is 19.1 Å². The molecule has 1 aromatic carbocycles. The van der Waals surface area contributed by atoms with Crippen molar-refractivity contribution < 1.29 is 18.0 Å². The number of nitrogens with one attached hydrogen (secondary N) is 2. The largest absolute Gasteiger partial charge is 0.416 e. The molecule has 1 amide bonds. The highest BCUT2D eigenvalue weighted by molar-refractivity contribution is 5.86. The first-order valence-electron chi connectivity index (χ1n) is 7.09. The molecule has 0 fully saturated rings. The summed E-state index contributed by atoms with van der Waals surface area (Å²) < 4.78 is 37.8. The third kappa shape index (κ3) is 4.64. The molecule has 2 aromatic rings. The van der Waals surface area contributed by atoms with Crippen molar-refractivity contribution in [3.05, 3.63) is 41.2 Å². The molecule has 2 N–H and O–H groups in total. The van der Waals surface area contributed by atoms with Gasteiger partial charge >= 0.3 is 6.18 Å². The molecule has 1 atom stereocenters. The topological polar surface area (TPSA) is 79.8 Å². The van der Waals surface area contributed by atoms with Gasteiger partial charge in [0.15, 0.2) is 0 Å². The Morgan fingerprint density at radius 2 is 1.67 bits per heavy atom. The van der Waals surface area contributed by atoms with Crippen molar-refractivity contribution in [2.45, 2.75) is 33.0 Å². The third-order valence-electron chi connectivity index (χ3n) is 3.12. The zero-order chi connectivity index (χ0) is 17.9.